The quantitative estimate of drug-likeness (QED) is 0.563. The summed E-state index contributed by atoms with van der Waals surface area (Å²) in [5.41, 5.74) is 1.16. The maximum absolute atomic E-state index is 13.5. The van der Waals surface area contributed by atoms with Gasteiger partial charge in [-0.1, -0.05) is 0 Å². The zero-order valence-corrected chi connectivity index (χ0v) is 21.6. The first-order valence-electron chi connectivity index (χ1n) is 12.5. The van der Waals surface area contributed by atoms with Crippen molar-refractivity contribution in [1.29, 1.82) is 0 Å². The fraction of sp³-hybridized carbons (Fsp3) is 0.520. The minimum Gasteiger partial charge on any atom is -0.475 e. The molecule has 1 aromatic carbocycles. The summed E-state index contributed by atoms with van der Waals surface area (Å²) in [5.74, 6) is -1.13. The third-order valence-electron chi connectivity index (χ3n) is 6.79. The maximum atomic E-state index is 13.5. The number of carbonyl (C=O) groups is 2. The van der Waals surface area contributed by atoms with Crippen molar-refractivity contribution in [3.05, 3.63) is 36.2 Å². The molecule has 0 saturated carbocycles. The van der Waals surface area contributed by atoms with Gasteiger partial charge in [-0.3, -0.25) is 15.0 Å². The Kier molecular flexibility index (Phi) is 7.01. The summed E-state index contributed by atoms with van der Waals surface area (Å²) in [6.07, 6.45) is -2.90. The molecule has 2 aromatic rings. The number of hydrogen-bond acceptors (Lipinski definition) is 8. The average Bonchev–Trinajstić information content (AvgIpc) is 3.45. The molecule has 2 N–H and O–H groups in total. The number of amides is 3. The SMILES string of the molecule is C[C@@H](NC(=O)c1ccc2c(c1)N(C(=O)Nc1cc(OC[C@@H]3COC(C)(C)O3)ncn1)[C@H]1CCN2C1)C(F)(F)F. The smallest absolute Gasteiger partial charge is 0.408 e. The Balaban J connectivity index is 1.31. The van der Waals surface area contributed by atoms with Gasteiger partial charge in [0.2, 0.25) is 5.88 Å². The molecule has 3 aliphatic heterocycles. The highest BCUT2D eigenvalue weighted by Gasteiger charge is 2.41. The molecule has 14 heteroatoms. The van der Waals surface area contributed by atoms with Crippen molar-refractivity contribution in [2.24, 2.45) is 0 Å². The number of fused-ring (bicyclic) bond motifs is 4. The molecule has 2 bridgehead atoms. The van der Waals surface area contributed by atoms with E-state index in [0.29, 0.717) is 37.5 Å². The lowest BCUT2D eigenvalue weighted by Gasteiger charge is -2.37. The van der Waals surface area contributed by atoms with Crippen molar-refractivity contribution in [2.75, 3.05) is 41.4 Å². The summed E-state index contributed by atoms with van der Waals surface area (Å²) in [4.78, 5) is 37.8. The molecule has 5 rings (SSSR count). The second kappa shape index (κ2) is 10.2. The summed E-state index contributed by atoms with van der Waals surface area (Å²) >= 11 is 0. The molecule has 2 fully saturated rings. The topological polar surface area (TPSA) is 118 Å². The number of hydrogen-bond donors (Lipinski definition) is 2. The van der Waals surface area contributed by atoms with Gasteiger partial charge in [0.25, 0.3) is 5.91 Å². The van der Waals surface area contributed by atoms with Crippen molar-refractivity contribution in [3.63, 3.8) is 0 Å². The van der Waals surface area contributed by atoms with Crippen LogP contribution >= 0.6 is 0 Å². The molecule has 3 amide bonds. The lowest BCUT2D eigenvalue weighted by molar-refractivity contribution is -0.149. The number of urea groups is 1. The predicted octanol–water partition coefficient (Wildman–Crippen LogP) is 3.32. The molecule has 11 nitrogen and oxygen atoms in total. The van der Waals surface area contributed by atoms with E-state index in [9.17, 15) is 22.8 Å². The molecule has 1 aromatic heterocycles. The minimum absolute atomic E-state index is 0.0177. The minimum atomic E-state index is -4.57. The Morgan fingerprint density at radius 2 is 2.03 bits per heavy atom. The highest BCUT2D eigenvalue weighted by molar-refractivity contribution is 6.06. The summed E-state index contributed by atoms with van der Waals surface area (Å²) in [6, 6.07) is 3.32. The van der Waals surface area contributed by atoms with E-state index in [1.165, 1.54) is 29.4 Å². The molecular weight excluding hydrogens is 521 g/mol. The number of nitrogens with one attached hydrogen (secondary N) is 2. The summed E-state index contributed by atoms with van der Waals surface area (Å²) in [5, 5.41) is 4.71. The van der Waals surface area contributed by atoms with Crippen molar-refractivity contribution in [3.8, 4) is 5.88 Å². The van der Waals surface area contributed by atoms with Crippen LogP contribution in [0.3, 0.4) is 0 Å². The van der Waals surface area contributed by atoms with Crippen LogP contribution < -0.4 is 25.2 Å². The van der Waals surface area contributed by atoms with E-state index < -0.39 is 29.9 Å². The van der Waals surface area contributed by atoms with Gasteiger partial charge >= 0.3 is 12.2 Å². The van der Waals surface area contributed by atoms with Gasteiger partial charge < -0.3 is 24.4 Å². The third-order valence-corrected chi connectivity index (χ3v) is 6.79. The van der Waals surface area contributed by atoms with Crippen LogP contribution in [-0.4, -0.2) is 78.4 Å². The van der Waals surface area contributed by atoms with Crippen LogP contribution in [0.5, 0.6) is 5.88 Å². The molecule has 210 valence electrons. The first-order chi connectivity index (χ1) is 18.4. The van der Waals surface area contributed by atoms with Gasteiger partial charge in [-0.25, -0.2) is 14.8 Å². The van der Waals surface area contributed by atoms with Crippen LogP contribution in [0.2, 0.25) is 0 Å². The summed E-state index contributed by atoms with van der Waals surface area (Å²) < 4.78 is 55.8. The summed E-state index contributed by atoms with van der Waals surface area (Å²) in [6.45, 7) is 6.37. The van der Waals surface area contributed by atoms with E-state index in [1.54, 1.807) is 6.07 Å². The van der Waals surface area contributed by atoms with E-state index in [4.69, 9.17) is 14.2 Å². The molecule has 4 heterocycles. The van der Waals surface area contributed by atoms with Gasteiger partial charge in [0.15, 0.2) is 5.79 Å². The Morgan fingerprint density at radius 1 is 1.23 bits per heavy atom. The van der Waals surface area contributed by atoms with Crippen LogP contribution in [-0.2, 0) is 9.47 Å². The number of ether oxygens (including phenoxy) is 3. The lowest BCUT2D eigenvalue weighted by Crippen LogP contribution is -2.48. The van der Waals surface area contributed by atoms with Crippen LogP contribution in [0.4, 0.5) is 35.2 Å². The largest absolute Gasteiger partial charge is 0.475 e. The predicted molar refractivity (Wildman–Crippen MR) is 134 cm³/mol. The highest BCUT2D eigenvalue weighted by Crippen LogP contribution is 2.41. The standard InChI is InChI=1S/C25H29F3N6O5/c1-14(25(26,27)28)31-22(35)15-4-5-18-19(8-15)34(16-6-7-33(18)10-16)23(36)32-20-9-21(30-13-29-20)37-11-17-12-38-24(2,3)39-17/h4-5,8-9,13-14,16-17H,6-7,10-12H2,1-3H3,(H,31,35)(H,29,30,32,36)/t14-,16+,17-/m1/s1. The van der Waals surface area contributed by atoms with Crippen LogP contribution in [0, 0.1) is 0 Å². The third kappa shape index (κ3) is 5.86. The number of rotatable bonds is 6. The molecule has 3 aliphatic rings. The van der Waals surface area contributed by atoms with E-state index in [2.05, 4.69) is 20.2 Å². The molecule has 3 atom stereocenters. The lowest BCUT2D eigenvalue weighted by atomic mass is 10.1. The van der Waals surface area contributed by atoms with Crippen LogP contribution in [0.15, 0.2) is 30.6 Å². The Morgan fingerprint density at radius 3 is 2.74 bits per heavy atom. The first kappa shape index (κ1) is 26.9. The number of aromatic nitrogens is 2. The fourth-order valence-corrected chi connectivity index (χ4v) is 4.81. The Labute approximate surface area is 222 Å². The van der Waals surface area contributed by atoms with Crippen molar-refractivity contribution < 1.29 is 37.0 Å². The molecule has 0 aliphatic carbocycles. The second-order valence-corrected chi connectivity index (χ2v) is 10.1. The van der Waals surface area contributed by atoms with Gasteiger partial charge in [0.1, 0.15) is 30.9 Å². The van der Waals surface area contributed by atoms with Crippen molar-refractivity contribution in [1.82, 2.24) is 15.3 Å². The molecule has 0 unspecified atom stereocenters. The van der Waals surface area contributed by atoms with E-state index in [0.717, 1.165) is 6.92 Å². The average molecular weight is 551 g/mol. The normalized spacial score (nSPS) is 22.3. The van der Waals surface area contributed by atoms with Gasteiger partial charge in [0.05, 0.1) is 24.0 Å². The maximum Gasteiger partial charge on any atom is 0.408 e. The molecule has 39 heavy (non-hydrogen) atoms. The number of alkyl halides is 3. The number of anilines is 3. The Hall–Kier alpha value is -3.65. The molecule has 2 saturated heterocycles. The zero-order chi connectivity index (χ0) is 27.9. The molecular formula is C25H29F3N6O5. The van der Waals surface area contributed by atoms with Gasteiger partial charge in [-0.05, 0) is 45.4 Å². The number of benzene rings is 1. The summed E-state index contributed by atoms with van der Waals surface area (Å²) in [7, 11) is 0. The van der Waals surface area contributed by atoms with Crippen molar-refractivity contribution in [2.45, 2.75) is 57.3 Å². The van der Waals surface area contributed by atoms with E-state index in [1.807, 2.05) is 19.2 Å². The van der Waals surface area contributed by atoms with Crippen molar-refractivity contribution >= 4 is 29.1 Å². The Bertz CT molecular complexity index is 1260. The number of carbonyl (C=O) groups excluding carboxylic acids is 2. The number of halogens is 3. The van der Waals surface area contributed by atoms with Crippen LogP contribution in [0.25, 0.3) is 0 Å². The van der Waals surface area contributed by atoms with E-state index >= 15 is 0 Å². The molecule has 0 radical (unpaired) electrons. The van der Waals surface area contributed by atoms with E-state index in [-0.39, 0.29) is 36.0 Å². The first-order valence-corrected chi connectivity index (χ1v) is 12.5. The second-order valence-electron chi connectivity index (χ2n) is 10.1. The van der Waals surface area contributed by atoms with Gasteiger partial charge in [-0.15, -0.1) is 0 Å². The molecule has 0 spiro atoms. The highest BCUT2D eigenvalue weighted by atomic mass is 19.4. The van der Waals surface area contributed by atoms with Gasteiger partial charge in [-0.2, -0.15) is 13.2 Å². The van der Waals surface area contributed by atoms with Crippen LogP contribution in [0.1, 0.15) is 37.6 Å². The number of nitrogens with zero attached hydrogens (tertiary/aromatic N) is 4. The fourth-order valence-electron chi connectivity index (χ4n) is 4.81. The van der Waals surface area contributed by atoms with Gasteiger partial charge in [0, 0.05) is 24.7 Å². The zero-order valence-electron chi connectivity index (χ0n) is 21.6. The monoisotopic (exact) mass is 550 g/mol.